The van der Waals surface area contributed by atoms with Crippen LogP contribution in [0.1, 0.15) is 39.0 Å². The summed E-state index contributed by atoms with van der Waals surface area (Å²) in [5.41, 5.74) is 0. The minimum Gasteiger partial charge on any atom is -0.480 e. The Balaban J connectivity index is 4.00. The fraction of sp³-hybridized carbons (Fsp3) is 0.833. The molecule has 6 nitrogen and oxygen atoms in total. The molecule has 0 aliphatic carbocycles. The number of carboxylic acid groups (broad SMARTS) is 1. The Bertz CT molecular complexity index is 258. The lowest BCUT2D eigenvalue weighted by atomic mass is 10.2. The molecule has 0 fully saturated rings. The quantitative estimate of drug-likeness (QED) is 0.540. The van der Waals surface area contributed by atoms with Crippen molar-refractivity contribution in [3.8, 4) is 0 Å². The molecule has 0 rings (SSSR count). The predicted octanol–water partition coefficient (Wildman–Crippen LogP) is 1.04. The summed E-state index contributed by atoms with van der Waals surface area (Å²) in [4.78, 5) is 24.1. The maximum Gasteiger partial charge on any atom is 0.326 e. The van der Waals surface area contributed by atoms with Gasteiger partial charge in [-0.2, -0.15) is 0 Å². The first-order valence-electron chi connectivity index (χ1n) is 6.38. The van der Waals surface area contributed by atoms with Crippen molar-refractivity contribution in [2.75, 3.05) is 20.2 Å². The molecular weight excluding hydrogens is 236 g/mol. The van der Waals surface area contributed by atoms with Crippen LogP contribution in [0.3, 0.4) is 0 Å². The van der Waals surface area contributed by atoms with Gasteiger partial charge in [-0.3, -0.25) is 0 Å². The molecule has 0 radical (unpaired) electrons. The summed E-state index contributed by atoms with van der Waals surface area (Å²) >= 11 is 0. The van der Waals surface area contributed by atoms with E-state index in [9.17, 15) is 9.59 Å². The summed E-state index contributed by atoms with van der Waals surface area (Å²) < 4.78 is 0. The van der Waals surface area contributed by atoms with E-state index in [2.05, 4.69) is 5.32 Å². The van der Waals surface area contributed by atoms with E-state index in [1.54, 1.807) is 7.05 Å². The molecule has 18 heavy (non-hydrogen) atoms. The summed E-state index contributed by atoms with van der Waals surface area (Å²) in [5, 5.41) is 20.0. The second-order valence-corrected chi connectivity index (χ2v) is 4.33. The van der Waals surface area contributed by atoms with Gasteiger partial charge < -0.3 is 20.4 Å². The molecule has 0 saturated carbocycles. The molecule has 0 aromatic carbocycles. The number of nitrogens with zero attached hydrogens (tertiary/aromatic N) is 1. The number of hydrogen-bond donors (Lipinski definition) is 3. The molecule has 0 bridgehead atoms. The SMILES string of the molecule is CCC[C@@H](NC(=O)N(C)CCCCCO)C(=O)O. The molecule has 0 spiro atoms. The van der Waals surface area contributed by atoms with E-state index < -0.39 is 12.0 Å². The van der Waals surface area contributed by atoms with Gasteiger partial charge in [-0.25, -0.2) is 9.59 Å². The fourth-order valence-electron chi connectivity index (χ4n) is 1.54. The molecule has 0 unspecified atom stereocenters. The second kappa shape index (κ2) is 9.70. The van der Waals surface area contributed by atoms with Crippen LogP contribution in [0.15, 0.2) is 0 Å². The highest BCUT2D eigenvalue weighted by atomic mass is 16.4. The lowest BCUT2D eigenvalue weighted by Crippen LogP contribution is -2.46. The number of amides is 2. The molecule has 1 atom stereocenters. The number of unbranched alkanes of at least 4 members (excludes halogenated alkanes) is 2. The zero-order chi connectivity index (χ0) is 14.0. The molecule has 3 N–H and O–H groups in total. The fourth-order valence-corrected chi connectivity index (χ4v) is 1.54. The van der Waals surface area contributed by atoms with Crippen molar-refractivity contribution in [3.05, 3.63) is 0 Å². The third-order valence-corrected chi connectivity index (χ3v) is 2.67. The Morgan fingerprint density at radius 3 is 2.44 bits per heavy atom. The summed E-state index contributed by atoms with van der Waals surface area (Å²) in [5.74, 6) is -1.00. The summed E-state index contributed by atoms with van der Waals surface area (Å²) in [7, 11) is 1.64. The summed E-state index contributed by atoms with van der Waals surface area (Å²) in [6, 6.07) is -1.18. The Kier molecular flexibility index (Phi) is 9.00. The molecule has 0 aromatic rings. The number of hydrogen-bond acceptors (Lipinski definition) is 3. The van der Waals surface area contributed by atoms with E-state index in [1.807, 2.05) is 6.92 Å². The van der Waals surface area contributed by atoms with Crippen LogP contribution in [0.2, 0.25) is 0 Å². The number of carboxylic acids is 1. The molecule has 0 aliphatic rings. The minimum atomic E-state index is -1.00. The standard InChI is InChI=1S/C12H24N2O4/c1-3-7-10(11(16)17)13-12(18)14(2)8-5-4-6-9-15/h10,15H,3-9H2,1-2H3,(H,13,18)(H,16,17)/t10-/m1/s1. The number of urea groups is 1. The largest absolute Gasteiger partial charge is 0.480 e. The van der Waals surface area contributed by atoms with Crippen molar-refractivity contribution in [2.45, 2.75) is 45.1 Å². The molecule has 0 aliphatic heterocycles. The van der Waals surface area contributed by atoms with Crippen LogP contribution in [0.4, 0.5) is 4.79 Å². The third-order valence-electron chi connectivity index (χ3n) is 2.67. The van der Waals surface area contributed by atoms with Gasteiger partial charge in [-0.15, -0.1) is 0 Å². The van der Waals surface area contributed by atoms with E-state index in [-0.39, 0.29) is 12.6 Å². The Hall–Kier alpha value is -1.30. The van der Waals surface area contributed by atoms with Crippen molar-refractivity contribution in [1.29, 1.82) is 0 Å². The summed E-state index contributed by atoms with van der Waals surface area (Å²) in [6.45, 7) is 2.60. The first-order chi connectivity index (χ1) is 8.52. The van der Waals surface area contributed by atoms with Crippen LogP contribution < -0.4 is 5.32 Å². The predicted molar refractivity (Wildman–Crippen MR) is 68.4 cm³/mol. The number of aliphatic hydroxyl groups excluding tert-OH is 1. The maximum atomic E-state index is 11.7. The zero-order valence-corrected chi connectivity index (χ0v) is 11.2. The number of rotatable bonds is 9. The number of carbonyl (C=O) groups excluding carboxylic acids is 1. The van der Waals surface area contributed by atoms with Crippen LogP contribution in [0.5, 0.6) is 0 Å². The Morgan fingerprint density at radius 2 is 1.94 bits per heavy atom. The highest BCUT2D eigenvalue weighted by Crippen LogP contribution is 2.00. The monoisotopic (exact) mass is 260 g/mol. The number of aliphatic hydroxyl groups is 1. The lowest BCUT2D eigenvalue weighted by molar-refractivity contribution is -0.139. The smallest absolute Gasteiger partial charge is 0.326 e. The minimum absolute atomic E-state index is 0.160. The highest BCUT2D eigenvalue weighted by Gasteiger charge is 2.20. The lowest BCUT2D eigenvalue weighted by Gasteiger charge is -2.21. The van der Waals surface area contributed by atoms with E-state index in [0.29, 0.717) is 19.4 Å². The first-order valence-corrected chi connectivity index (χ1v) is 6.38. The van der Waals surface area contributed by atoms with Crippen LogP contribution >= 0.6 is 0 Å². The van der Waals surface area contributed by atoms with Crippen LogP contribution in [-0.4, -0.2) is 53.4 Å². The Morgan fingerprint density at radius 1 is 1.28 bits per heavy atom. The topological polar surface area (TPSA) is 89.9 Å². The van der Waals surface area contributed by atoms with E-state index >= 15 is 0 Å². The molecule has 0 aromatic heterocycles. The average molecular weight is 260 g/mol. The molecule has 2 amide bonds. The highest BCUT2D eigenvalue weighted by molar-refractivity contribution is 5.82. The van der Waals surface area contributed by atoms with Gasteiger partial charge in [0.2, 0.25) is 0 Å². The van der Waals surface area contributed by atoms with Crippen LogP contribution in [0, 0.1) is 0 Å². The molecule has 0 saturated heterocycles. The molecule has 106 valence electrons. The van der Waals surface area contributed by atoms with Gasteiger partial charge in [0, 0.05) is 20.2 Å². The zero-order valence-electron chi connectivity index (χ0n) is 11.2. The molecule has 6 heteroatoms. The first kappa shape index (κ1) is 16.7. The third kappa shape index (κ3) is 7.11. The van der Waals surface area contributed by atoms with E-state index in [1.165, 1.54) is 4.90 Å². The number of carbonyl (C=O) groups is 2. The number of aliphatic carboxylic acids is 1. The van der Waals surface area contributed by atoms with Gasteiger partial charge in [0.05, 0.1) is 0 Å². The van der Waals surface area contributed by atoms with Gasteiger partial charge in [-0.1, -0.05) is 13.3 Å². The van der Waals surface area contributed by atoms with Gasteiger partial charge in [-0.05, 0) is 25.7 Å². The van der Waals surface area contributed by atoms with Gasteiger partial charge in [0.25, 0.3) is 0 Å². The van der Waals surface area contributed by atoms with Gasteiger partial charge >= 0.3 is 12.0 Å². The molecule has 0 heterocycles. The Labute approximate surface area is 108 Å². The maximum absolute atomic E-state index is 11.7. The summed E-state index contributed by atoms with van der Waals surface area (Å²) in [6.07, 6.45) is 3.52. The van der Waals surface area contributed by atoms with Crippen molar-refractivity contribution >= 4 is 12.0 Å². The molecular formula is C12H24N2O4. The number of nitrogens with one attached hydrogen (secondary N) is 1. The normalized spacial score (nSPS) is 11.9. The van der Waals surface area contributed by atoms with Gasteiger partial charge in [0.1, 0.15) is 6.04 Å². The van der Waals surface area contributed by atoms with Gasteiger partial charge in [0.15, 0.2) is 0 Å². The van der Waals surface area contributed by atoms with Crippen molar-refractivity contribution < 1.29 is 19.8 Å². The van der Waals surface area contributed by atoms with Crippen molar-refractivity contribution in [3.63, 3.8) is 0 Å². The average Bonchev–Trinajstić information content (AvgIpc) is 2.33. The second-order valence-electron chi connectivity index (χ2n) is 4.33. The van der Waals surface area contributed by atoms with Crippen LogP contribution in [0.25, 0.3) is 0 Å². The van der Waals surface area contributed by atoms with Crippen molar-refractivity contribution in [2.24, 2.45) is 0 Å². The van der Waals surface area contributed by atoms with Crippen molar-refractivity contribution in [1.82, 2.24) is 10.2 Å². The van der Waals surface area contributed by atoms with Crippen LogP contribution in [-0.2, 0) is 4.79 Å². The van der Waals surface area contributed by atoms with E-state index in [4.69, 9.17) is 10.2 Å². The van der Waals surface area contributed by atoms with E-state index in [0.717, 1.165) is 19.3 Å².